The average Bonchev–Trinajstić information content (AvgIpc) is 2.79. The summed E-state index contributed by atoms with van der Waals surface area (Å²) < 4.78 is 26.7. The molecule has 16 heteroatoms. The Morgan fingerprint density at radius 3 is 1.26 bits per heavy atom. The summed E-state index contributed by atoms with van der Waals surface area (Å²) in [7, 11) is 1.19. The van der Waals surface area contributed by atoms with Gasteiger partial charge in [0.25, 0.3) is 0 Å². The summed E-state index contributed by atoms with van der Waals surface area (Å²) in [6, 6.07) is 0. The highest BCUT2D eigenvalue weighted by Gasteiger charge is 2.07. The van der Waals surface area contributed by atoms with Crippen LogP contribution in [0.15, 0.2) is 24.3 Å². The van der Waals surface area contributed by atoms with Crippen LogP contribution >= 0.6 is 0 Å². The molecule has 0 aromatic heterocycles. The summed E-state index contributed by atoms with van der Waals surface area (Å²) in [5.41, 5.74) is 0.393. The Balaban J connectivity index is 0. The number of nitrogens with one attached hydrogen (secondary N) is 4. The number of carbonyl (C=O) groups is 6. The van der Waals surface area contributed by atoms with Crippen molar-refractivity contribution in [3.63, 3.8) is 0 Å². The summed E-state index contributed by atoms with van der Waals surface area (Å²) in [5, 5.41) is 8.77. The smallest absolute Gasteiger partial charge is 0.411 e. The zero-order valence-corrected chi connectivity index (χ0v) is 19.8. The van der Waals surface area contributed by atoms with Crippen molar-refractivity contribution in [3.8, 4) is 0 Å². The lowest BCUT2D eigenvalue weighted by Gasteiger charge is -2.08. The summed E-state index contributed by atoms with van der Waals surface area (Å²) in [4.78, 5) is 65.0. The van der Waals surface area contributed by atoms with Gasteiger partial charge in [-0.3, -0.25) is 0 Å². The van der Waals surface area contributed by atoms with E-state index in [2.05, 4.69) is 62.8 Å². The van der Waals surface area contributed by atoms with Crippen molar-refractivity contribution >= 4 is 36.3 Å². The number of esters is 2. The summed E-state index contributed by atoms with van der Waals surface area (Å²) in [5.74, 6) is -1.32. The molecule has 4 amide bonds. The minimum absolute atomic E-state index is 0.161. The molecule has 0 rings (SSSR count). The molecular weight excluding hydrogens is 476 g/mol. The normalized spacial score (nSPS) is 8.91. The molecule has 0 radical (unpaired) electrons. The maximum absolute atomic E-state index is 11.0. The third-order valence-corrected chi connectivity index (χ3v) is 2.85. The Hall–Kier alpha value is -4.50. The van der Waals surface area contributed by atoms with Gasteiger partial charge in [-0.15, -0.1) is 0 Å². The summed E-state index contributed by atoms with van der Waals surface area (Å²) in [6.07, 6.45) is -3.05. The second kappa shape index (κ2) is 20.1. The van der Waals surface area contributed by atoms with E-state index < -0.39 is 49.9 Å². The Morgan fingerprint density at radius 2 is 0.943 bits per heavy atom. The van der Waals surface area contributed by atoms with Crippen LogP contribution in [0.25, 0.3) is 0 Å². The Labute approximate surface area is 201 Å². The third kappa shape index (κ3) is 21.1. The van der Waals surface area contributed by atoms with Gasteiger partial charge in [0.2, 0.25) is 13.6 Å². The van der Waals surface area contributed by atoms with Crippen molar-refractivity contribution in [3.05, 3.63) is 24.3 Å². The molecule has 0 atom stereocenters. The average molecular weight is 506 g/mol. The first-order valence-corrected chi connectivity index (χ1v) is 9.63. The van der Waals surface area contributed by atoms with Crippen LogP contribution in [0.2, 0.25) is 0 Å². The molecule has 0 spiro atoms. The fraction of sp³-hybridized carbons (Fsp3) is 0.474. The van der Waals surface area contributed by atoms with Crippen LogP contribution < -0.4 is 21.3 Å². The van der Waals surface area contributed by atoms with Gasteiger partial charge in [0.15, 0.2) is 0 Å². The minimum atomic E-state index is -0.851. The van der Waals surface area contributed by atoms with E-state index in [1.807, 2.05) is 0 Å². The van der Waals surface area contributed by atoms with Crippen LogP contribution in [0.5, 0.6) is 0 Å². The first-order chi connectivity index (χ1) is 16.4. The molecule has 0 heterocycles. The van der Waals surface area contributed by atoms with Crippen molar-refractivity contribution in [2.75, 3.05) is 40.6 Å². The fourth-order valence-electron chi connectivity index (χ4n) is 1.25. The second-order valence-corrected chi connectivity index (χ2v) is 5.80. The molecule has 4 N–H and O–H groups in total. The van der Waals surface area contributed by atoms with Gasteiger partial charge >= 0.3 is 36.3 Å². The number of hydrogen-bond donors (Lipinski definition) is 4. The number of methoxy groups -OCH3 is 1. The topological polar surface area (TPSA) is 206 Å². The Morgan fingerprint density at radius 1 is 0.600 bits per heavy atom. The zero-order valence-electron chi connectivity index (χ0n) is 19.8. The van der Waals surface area contributed by atoms with Gasteiger partial charge < -0.3 is 49.7 Å². The van der Waals surface area contributed by atoms with Crippen LogP contribution in [0.1, 0.15) is 20.8 Å². The molecule has 198 valence electrons. The molecule has 0 bridgehead atoms. The lowest BCUT2D eigenvalue weighted by Crippen LogP contribution is -2.38. The second-order valence-electron chi connectivity index (χ2n) is 5.80. The summed E-state index contributed by atoms with van der Waals surface area (Å²) >= 11 is 0. The van der Waals surface area contributed by atoms with Gasteiger partial charge in [-0.05, 0) is 20.8 Å². The van der Waals surface area contributed by atoms with E-state index in [1.165, 1.54) is 21.0 Å². The largest absolute Gasteiger partial charge is 0.453 e. The molecule has 0 unspecified atom stereocenters. The molecule has 0 fully saturated rings. The van der Waals surface area contributed by atoms with Crippen molar-refractivity contribution in [1.82, 2.24) is 21.3 Å². The van der Waals surface area contributed by atoms with Gasteiger partial charge in [0.1, 0.15) is 0 Å². The standard InChI is InChI=1S/C10H16N2O6.C9H14N2O6/c1-4-16-9(14)11-5-12-10(15)18-6-17-8(13)7(2)3;1-6(2)7(12)16-5-17-9(14)11-4-10-8(13)15-3/h2,4-6H2,1,3H3,(H,11,14)(H,12,15);1,4-5H2,2-3H3,(H,10,13)(H,11,14). The highest BCUT2D eigenvalue weighted by atomic mass is 16.7. The predicted molar refractivity (Wildman–Crippen MR) is 116 cm³/mol. The number of hydrogen-bond acceptors (Lipinski definition) is 12. The molecular formula is C19H30N4O12. The molecule has 0 aromatic carbocycles. The fourth-order valence-corrected chi connectivity index (χ4v) is 1.25. The maximum Gasteiger partial charge on any atom is 0.411 e. The van der Waals surface area contributed by atoms with E-state index in [1.54, 1.807) is 6.92 Å². The number of ether oxygens (including phenoxy) is 6. The summed E-state index contributed by atoms with van der Waals surface area (Å²) in [6.45, 7) is 10.1. The Bertz CT molecular complexity index is 769. The van der Waals surface area contributed by atoms with Gasteiger partial charge in [0, 0.05) is 11.1 Å². The maximum atomic E-state index is 11.0. The van der Waals surface area contributed by atoms with E-state index in [4.69, 9.17) is 0 Å². The van der Waals surface area contributed by atoms with Crippen LogP contribution in [0.3, 0.4) is 0 Å². The quantitative estimate of drug-likeness (QED) is 0.131. The van der Waals surface area contributed by atoms with Crippen molar-refractivity contribution in [2.45, 2.75) is 20.8 Å². The highest BCUT2D eigenvalue weighted by Crippen LogP contribution is 1.93. The highest BCUT2D eigenvalue weighted by molar-refractivity contribution is 5.87. The molecule has 0 saturated heterocycles. The number of alkyl carbamates (subject to hydrolysis) is 4. The first-order valence-electron chi connectivity index (χ1n) is 9.63. The predicted octanol–water partition coefficient (Wildman–Crippen LogP) is 0.596. The van der Waals surface area contributed by atoms with E-state index in [0.29, 0.717) is 0 Å². The van der Waals surface area contributed by atoms with Crippen LogP contribution in [0, 0.1) is 0 Å². The van der Waals surface area contributed by atoms with Gasteiger partial charge in [-0.1, -0.05) is 13.2 Å². The van der Waals surface area contributed by atoms with Gasteiger partial charge in [-0.2, -0.15) is 0 Å². The molecule has 0 aromatic rings. The SMILES string of the molecule is C=C(C)C(=O)OCOC(=O)NCNC(=O)OC.C=C(C)C(=O)OCOC(=O)NCNC(=O)OCC. The van der Waals surface area contributed by atoms with Gasteiger partial charge in [0.05, 0.1) is 27.1 Å². The van der Waals surface area contributed by atoms with E-state index in [0.717, 1.165) is 0 Å². The van der Waals surface area contributed by atoms with Crippen LogP contribution in [0.4, 0.5) is 19.2 Å². The van der Waals surface area contributed by atoms with Crippen molar-refractivity contribution < 1.29 is 57.2 Å². The monoisotopic (exact) mass is 506 g/mol. The molecule has 0 aliphatic carbocycles. The van der Waals surface area contributed by atoms with E-state index in [-0.39, 0.29) is 31.1 Å². The number of amides is 4. The number of rotatable bonds is 11. The molecule has 0 saturated carbocycles. The lowest BCUT2D eigenvalue weighted by molar-refractivity contribution is -0.148. The molecule has 0 aliphatic heterocycles. The lowest BCUT2D eigenvalue weighted by atomic mass is 10.4. The van der Waals surface area contributed by atoms with Gasteiger partial charge in [-0.25, -0.2) is 28.8 Å². The minimum Gasteiger partial charge on any atom is -0.453 e. The molecule has 16 nitrogen and oxygen atoms in total. The number of carbonyl (C=O) groups excluding carboxylic acids is 6. The van der Waals surface area contributed by atoms with E-state index in [9.17, 15) is 28.8 Å². The Kier molecular flexibility index (Phi) is 18.8. The zero-order chi connectivity index (χ0) is 27.2. The van der Waals surface area contributed by atoms with Crippen LogP contribution in [-0.4, -0.2) is 77.0 Å². The third-order valence-electron chi connectivity index (χ3n) is 2.85. The van der Waals surface area contributed by atoms with Crippen LogP contribution in [-0.2, 0) is 38.0 Å². The first kappa shape index (κ1) is 32.7. The van der Waals surface area contributed by atoms with Crippen molar-refractivity contribution in [1.29, 1.82) is 0 Å². The van der Waals surface area contributed by atoms with Crippen molar-refractivity contribution in [2.24, 2.45) is 0 Å². The molecule has 0 aliphatic rings. The van der Waals surface area contributed by atoms with E-state index >= 15 is 0 Å². The molecule has 35 heavy (non-hydrogen) atoms.